The summed E-state index contributed by atoms with van der Waals surface area (Å²) in [6.45, 7) is 0. The van der Waals surface area contributed by atoms with Crippen LogP contribution >= 0.6 is 0 Å². The second kappa shape index (κ2) is 5.00. The molecule has 0 saturated carbocycles. The van der Waals surface area contributed by atoms with Gasteiger partial charge in [0.1, 0.15) is 0 Å². The van der Waals surface area contributed by atoms with E-state index in [1.807, 2.05) is 37.2 Å². The number of hydrogen-bond donors (Lipinski definition) is 1. The van der Waals surface area contributed by atoms with Gasteiger partial charge in [-0.2, -0.15) is 0 Å². The first-order valence-electron chi connectivity index (χ1n) is 4.74. The molecule has 0 aromatic heterocycles. The molecule has 1 rings (SSSR count). The lowest BCUT2D eigenvalue weighted by Gasteiger charge is -2.21. The van der Waals surface area contributed by atoms with Crippen molar-refractivity contribution in [3.05, 3.63) is 23.8 Å². The zero-order valence-corrected chi connectivity index (χ0v) is 9.65. The van der Waals surface area contributed by atoms with Crippen molar-refractivity contribution in [2.75, 3.05) is 28.3 Å². The molecule has 4 heteroatoms. The summed E-state index contributed by atoms with van der Waals surface area (Å²) in [6.07, 6.45) is -0.134. The Balaban J connectivity index is 3.02. The first-order valence-corrected chi connectivity index (χ1v) is 4.74. The Morgan fingerprint density at radius 1 is 1.13 bits per heavy atom. The van der Waals surface area contributed by atoms with E-state index >= 15 is 0 Å². The molecule has 1 aromatic carbocycles. The van der Waals surface area contributed by atoms with Gasteiger partial charge in [-0.15, -0.1) is 0 Å². The summed E-state index contributed by atoms with van der Waals surface area (Å²) in [5, 5.41) is 0. The van der Waals surface area contributed by atoms with Crippen LogP contribution in [0.25, 0.3) is 0 Å². The van der Waals surface area contributed by atoms with Crippen molar-refractivity contribution in [2.24, 2.45) is 5.73 Å². The largest absolute Gasteiger partial charge is 0.493 e. The third-order valence-electron chi connectivity index (χ3n) is 2.31. The minimum atomic E-state index is -0.134. The van der Waals surface area contributed by atoms with Crippen molar-refractivity contribution in [3.8, 4) is 11.5 Å². The second-order valence-corrected chi connectivity index (χ2v) is 3.52. The molecule has 4 nitrogen and oxygen atoms in total. The molecule has 84 valence electrons. The highest BCUT2D eigenvalue weighted by Gasteiger charge is 2.11. The highest BCUT2D eigenvalue weighted by Crippen LogP contribution is 2.29. The second-order valence-electron chi connectivity index (χ2n) is 3.52. The third kappa shape index (κ3) is 2.61. The molecule has 0 heterocycles. The van der Waals surface area contributed by atoms with Gasteiger partial charge < -0.3 is 15.2 Å². The SMILES string of the molecule is COc1ccc(C(N)N(C)C)cc1OC. The molecule has 1 atom stereocenters. The summed E-state index contributed by atoms with van der Waals surface area (Å²) in [4.78, 5) is 1.93. The Kier molecular flexibility index (Phi) is 3.94. The van der Waals surface area contributed by atoms with Crippen molar-refractivity contribution in [1.82, 2.24) is 4.90 Å². The Morgan fingerprint density at radius 3 is 2.20 bits per heavy atom. The van der Waals surface area contributed by atoms with Crippen molar-refractivity contribution in [1.29, 1.82) is 0 Å². The maximum atomic E-state index is 5.98. The molecule has 0 spiro atoms. The van der Waals surface area contributed by atoms with Gasteiger partial charge in [-0.25, -0.2) is 0 Å². The van der Waals surface area contributed by atoms with Crippen LogP contribution in [0.2, 0.25) is 0 Å². The van der Waals surface area contributed by atoms with E-state index in [0.717, 1.165) is 5.56 Å². The van der Waals surface area contributed by atoms with Gasteiger partial charge in [0.2, 0.25) is 0 Å². The van der Waals surface area contributed by atoms with E-state index in [0.29, 0.717) is 11.5 Å². The average Bonchev–Trinajstić information content (AvgIpc) is 2.26. The van der Waals surface area contributed by atoms with Gasteiger partial charge in [0.25, 0.3) is 0 Å². The molecule has 0 aliphatic carbocycles. The molecule has 0 fully saturated rings. The lowest BCUT2D eigenvalue weighted by atomic mass is 10.1. The Bertz CT molecular complexity index is 326. The fraction of sp³-hybridized carbons (Fsp3) is 0.455. The van der Waals surface area contributed by atoms with Crippen molar-refractivity contribution in [3.63, 3.8) is 0 Å². The van der Waals surface area contributed by atoms with Crippen LogP contribution in [0.3, 0.4) is 0 Å². The quantitative estimate of drug-likeness (QED) is 0.759. The smallest absolute Gasteiger partial charge is 0.161 e. The minimum Gasteiger partial charge on any atom is -0.493 e. The van der Waals surface area contributed by atoms with Gasteiger partial charge in [0.15, 0.2) is 11.5 Å². The van der Waals surface area contributed by atoms with Gasteiger partial charge >= 0.3 is 0 Å². The zero-order valence-electron chi connectivity index (χ0n) is 9.65. The molecular weight excluding hydrogens is 192 g/mol. The molecule has 1 unspecified atom stereocenters. The molecule has 0 saturated heterocycles. The van der Waals surface area contributed by atoms with E-state index in [1.165, 1.54) is 0 Å². The summed E-state index contributed by atoms with van der Waals surface area (Å²) in [5.74, 6) is 1.42. The van der Waals surface area contributed by atoms with E-state index < -0.39 is 0 Å². The summed E-state index contributed by atoms with van der Waals surface area (Å²) in [7, 11) is 7.09. The van der Waals surface area contributed by atoms with Crippen molar-refractivity contribution < 1.29 is 9.47 Å². The molecule has 0 radical (unpaired) electrons. The highest BCUT2D eigenvalue weighted by molar-refractivity contribution is 5.43. The standard InChI is InChI=1S/C11H18N2O2/c1-13(2)11(12)8-5-6-9(14-3)10(7-8)15-4/h5-7,11H,12H2,1-4H3. The lowest BCUT2D eigenvalue weighted by Crippen LogP contribution is -2.27. The van der Waals surface area contributed by atoms with Gasteiger partial charge in [-0.3, -0.25) is 4.90 Å². The maximum absolute atomic E-state index is 5.98. The maximum Gasteiger partial charge on any atom is 0.161 e. The fourth-order valence-corrected chi connectivity index (χ4v) is 1.33. The number of hydrogen-bond acceptors (Lipinski definition) is 4. The summed E-state index contributed by atoms with van der Waals surface area (Å²) >= 11 is 0. The minimum absolute atomic E-state index is 0.134. The third-order valence-corrected chi connectivity index (χ3v) is 2.31. The number of nitrogens with zero attached hydrogens (tertiary/aromatic N) is 1. The Labute approximate surface area is 90.6 Å². The van der Waals surface area contributed by atoms with Gasteiger partial charge in [0.05, 0.1) is 20.4 Å². The first kappa shape index (κ1) is 11.8. The molecule has 0 bridgehead atoms. The molecule has 0 aliphatic heterocycles. The Morgan fingerprint density at radius 2 is 1.73 bits per heavy atom. The van der Waals surface area contributed by atoms with Crippen LogP contribution in [-0.2, 0) is 0 Å². The van der Waals surface area contributed by atoms with E-state index in [1.54, 1.807) is 14.2 Å². The van der Waals surface area contributed by atoms with E-state index in [-0.39, 0.29) is 6.17 Å². The number of rotatable bonds is 4. The molecule has 1 aromatic rings. The molecule has 2 N–H and O–H groups in total. The summed E-state index contributed by atoms with van der Waals surface area (Å²) in [6, 6.07) is 5.69. The molecular formula is C11H18N2O2. The van der Waals surface area contributed by atoms with Crippen molar-refractivity contribution in [2.45, 2.75) is 6.17 Å². The van der Waals surface area contributed by atoms with E-state index in [2.05, 4.69) is 0 Å². The monoisotopic (exact) mass is 210 g/mol. The topological polar surface area (TPSA) is 47.7 Å². The summed E-state index contributed by atoms with van der Waals surface area (Å²) in [5.41, 5.74) is 6.98. The highest BCUT2D eigenvalue weighted by atomic mass is 16.5. The number of methoxy groups -OCH3 is 2. The number of benzene rings is 1. The van der Waals surface area contributed by atoms with Gasteiger partial charge in [-0.1, -0.05) is 6.07 Å². The predicted molar refractivity (Wildman–Crippen MR) is 60.2 cm³/mol. The van der Waals surface area contributed by atoms with Crippen LogP contribution < -0.4 is 15.2 Å². The fourth-order valence-electron chi connectivity index (χ4n) is 1.33. The van der Waals surface area contributed by atoms with Crippen LogP contribution in [-0.4, -0.2) is 33.2 Å². The van der Waals surface area contributed by atoms with Crippen molar-refractivity contribution >= 4 is 0 Å². The summed E-state index contributed by atoms with van der Waals surface area (Å²) < 4.78 is 10.4. The molecule has 0 amide bonds. The van der Waals surface area contributed by atoms with Gasteiger partial charge in [-0.05, 0) is 31.8 Å². The van der Waals surface area contributed by atoms with Crippen LogP contribution in [0, 0.1) is 0 Å². The van der Waals surface area contributed by atoms with Gasteiger partial charge in [0, 0.05) is 0 Å². The first-order chi connectivity index (χ1) is 7.10. The molecule has 15 heavy (non-hydrogen) atoms. The van der Waals surface area contributed by atoms with Crippen LogP contribution in [0.4, 0.5) is 0 Å². The van der Waals surface area contributed by atoms with E-state index in [4.69, 9.17) is 15.2 Å². The number of ether oxygens (including phenoxy) is 2. The zero-order chi connectivity index (χ0) is 11.4. The number of nitrogens with two attached hydrogens (primary N) is 1. The van der Waals surface area contributed by atoms with Crippen LogP contribution in [0.15, 0.2) is 18.2 Å². The van der Waals surface area contributed by atoms with E-state index in [9.17, 15) is 0 Å². The molecule has 0 aliphatic rings. The normalized spacial score (nSPS) is 12.7. The van der Waals surface area contributed by atoms with Crippen LogP contribution in [0.1, 0.15) is 11.7 Å². The lowest BCUT2D eigenvalue weighted by molar-refractivity contribution is 0.304. The Hall–Kier alpha value is -1.26. The predicted octanol–water partition coefficient (Wildman–Crippen LogP) is 1.22. The average molecular weight is 210 g/mol. The van der Waals surface area contributed by atoms with Crippen LogP contribution in [0.5, 0.6) is 11.5 Å².